The number of hydrogen-bond donors (Lipinski definition) is 2. The molecule has 1 aromatic carbocycles. The Balaban J connectivity index is 2.09. The fourth-order valence-corrected chi connectivity index (χ4v) is 2.26. The third-order valence-electron chi connectivity index (χ3n) is 3.75. The Morgan fingerprint density at radius 2 is 1.95 bits per heavy atom. The van der Waals surface area contributed by atoms with Gasteiger partial charge in [-0.3, -0.25) is 0 Å². The lowest BCUT2D eigenvalue weighted by atomic mass is 9.77. The Morgan fingerprint density at radius 1 is 1.29 bits per heavy atom. The fraction of sp³-hybridized carbons (Fsp3) is 0.571. The minimum atomic E-state index is -4.56. The number of aliphatic hydroxyl groups is 1. The highest BCUT2D eigenvalue weighted by atomic mass is 19.3. The number of aliphatic hydroxyl groups excluding tert-OH is 1. The molecule has 0 radical (unpaired) electrons. The standard InChI is InChI=1S/C14H17F4NO2/c15-13(16)14(17,18)21-10-6-2-5-9(7-10)11(19)12(20)8-3-1-4-8/h2,5-8,11-13,20H,1,3-4,19H2/t11-,12+/m0/s1. The van der Waals surface area contributed by atoms with Crippen molar-refractivity contribution in [1.82, 2.24) is 0 Å². The summed E-state index contributed by atoms with van der Waals surface area (Å²) in [5, 5.41) is 10.1. The molecule has 3 N–H and O–H groups in total. The van der Waals surface area contributed by atoms with Crippen molar-refractivity contribution in [2.75, 3.05) is 0 Å². The van der Waals surface area contributed by atoms with Gasteiger partial charge in [-0.1, -0.05) is 18.6 Å². The molecule has 0 heterocycles. The van der Waals surface area contributed by atoms with Gasteiger partial charge in [-0.15, -0.1) is 0 Å². The van der Waals surface area contributed by atoms with E-state index in [-0.39, 0.29) is 5.92 Å². The van der Waals surface area contributed by atoms with E-state index in [1.165, 1.54) is 6.07 Å². The SMILES string of the molecule is N[C@@H](c1cccc(OC(F)(F)C(F)F)c1)[C@H](O)C1CCC1. The van der Waals surface area contributed by atoms with Crippen LogP contribution in [0.3, 0.4) is 0 Å². The van der Waals surface area contributed by atoms with Gasteiger partial charge in [0.1, 0.15) is 5.75 Å². The lowest BCUT2D eigenvalue weighted by molar-refractivity contribution is -0.253. The van der Waals surface area contributed by atoms with Crippen LogP contribution in [-0.4, -0.2) is 23.7 Å². The third-order valence-corrected chi connectivity index (χ3v) is 3.75. The van der Waals surface area contributed by atoms with E-state index in [0.717, 1.165) is 31.4 Å². The number of ether oxygens (including phenoxy) is 1. The molecule has 21 heavy (non-hydrogen) atoms. The summed E-state index contributed by atoms with van der Waals surface area (Å²) in [6, 6.07) is 4.45. The highest BCUT2D eigenvalue weighted by Crippen LogP contribution is 2.35. The summed E-state index contributed by atoms with van der Waals surface area (Å²) in [5.41, 5.74) is 6.27. The van der Waals surface area contributed by atoms with Crippen molar-refractivity contribution in [2.45, 2.75) is 43.9 Å². The van der Waals surface area contributed by atoms with Gasteiger partial charge in [0.15, 0.2) is 0 Å². The lowest BCUT2D eigenvalue weighted by Crippen LogP contribution is -2.36. The minimum absolute atomic E-state index is 0.0899. The molecule has 0 saturated heterocycles. The number of hydrogen-bond acceptors (Lipinski definition) is 3. The van der Waals surface area contributed by atoms with Crippen molar-refractivity contribution >= 4 is 0 Å². The summed E-state index contributed by atoms with van der Waals surface area (Å²) < 4.78 is 53.9. The molecule has 2 rings (SSSR count). The summed E-state index contributed by atoms with van der Waals surface area (Å²) in [6.45, 7) is 0. The summed E-state index contributed by atoms with van der Waals surface area (Å²) >= 11 is 0. The van der Waals surface area contributed by atoms with E-state index in [1.807, 2.05) is 0 Å². The minimum Gasteiger partial charge on any atom is -0.428 e. The van der Waals surface area contributed by atoms with Crippen LogP contribution in [-0.2, 0) is 0 Å². The molecule has 1 aromatic rings. The van der Waals surface area contributed by atoms with Gasteiger partial charge >= 0.3 is 12.5 Å². The normalized spacial score (nSPS) is 19.2. The second kappa shape index (κ2) is 6.19. The monoisotopic (exact) mass is 307 g/mol. The topological polar surface area (TPSA) is 55.5 Å². The Morgan fingerprint density at radius 3 is 2.48 bits per heavy atom. The second-order valence-electron chi connectivity index (χ2n) is 5.24. The zero-order valence-corrected chi connectivity index (χ0v) is 11.2. The van der Waals surface area contributed by atoms with Crippen LogP contribution >= 0.6 is 0 Å². The van der Waals surface area contributed by atoms with E-state index < -0.39 is 30.4 Å². The Labute approximate surface area is 119 Å². The molecule has 1 fully saturated rings. The molecule has 0 amide bonds. The zero-order valence-electron chi connectivity index (χ0n) is 11.2. The van der Waals surface area contributed by atoms with Crippen LogP contribution < -0.4 is 10.5 Å². The molecule has 0 aliphatic heterocycles. The summed E-state index contributed by atoms with van der Waals surface area (Å²) in [6.07, 6.45) is -6.50. The molecular formula is C14H17F4NO2. The van der Waals surface area contributed by atoms with E-state index in [1.54, 1.807) is 6.07 Å². The van der Waals surface area contributed by atoms with Crippen LogP contribution in [0.5, 0.6) is 5.75 Å². The quantitative estimate of drug-likeness (QED) is 0.794. The molecule has 118 valence electrons. The molecule has 0 spiro atoms. The predicted molar refractivity (Wildman–Crippen MR) is 68.3 cm³/mol. The number of halogens is 4. The Hall–Kier alpha value is -1.34. The van der Waals surface area contributed by atoms with Crippen molar-refractivity contribution in [3.8, 4) is 5.75 Å². The maximum absolute atomic E-state index is 12.9. The van der Waals surface area contributed by atoms with Crippen molar-refractivity contribution < 1.29 is 27.4 Å². The van der Waals surface area contributed by atoms with Gasteiger partial charge in [0.2, 0.25) is 0 Å². The molecule has 7 heteroatoms. The number of benzene rings is 1. The molecule has 1 aliphatic rings. The van der Waals surface area contributed by atoms with Gasteiger partial charge in [0, 0.05) is 0 Å². The van der Waals surface area contributed by atoms with Crippen molar-refractivity contribution in [1.29, 1.82) is 0 Å². The molecular weight excluding hydrogens is 290 g/mol. The first-order valence-electron chi connectivity index (χ1n) is 6.70. The van der Waals surface area contributed by atoms with E-state index >= 15 is 0 Å². The Kier molecular flexibility index (Phi) is 4.73. The van der Waals surface area contributed by atoms with Gasteiger partial charge in [-0.05, 0) is 36.5 Å². The van der Waals surface area contributed by atoms with Crippen LogP contribution in [0.15, 0.2) is 24.3 Å². The molecule has 2 atom stereocenters. The van der Waals surface area contributed by atoms with E-state index in [2.05, 4.69) is 4.74 Å². The molecule has 0 unspecified atom stereocenters. The summed E-state index contributed by atoms with van der Waals surface area (Å²) in [4.78, 5) is 0. The van der Waals surface area contributed by atoms with E-state index in [4.69, 9.17) is 5.73 Å². The average Bonchev–Trinajstić information content (AvgIpc) is 2.35. The first-order chi connectivity index (χ1) is 9.81. The van der Waals surface area contributed by atoms with Gasteiger partial charge < -0.3 is 15.6 Å². The first kappa shape index (κ1) is 16.0. The number of rotatable bonds is 6. The lowest BCUT2D eigenvalue weighted by Gasteiger charge is -2.33. The van der Waals surface area contributed by atoms with Crippen LogP contribution in [0.2, 0.25) is 0 Å². The highest BCUT2D eigenvalue weighted by Gasteiger charge is 2.44. The second-order valence-corrected chi connectivity index (χ2v) is 5.24. The number of alkyl halides is 4. The first-order valence-corrected chi connectivity index (χ1v) is 6.70. The molecule has 3 nitrogen and oxygen atoms in total. The largest absolute Gasteiger partial charge is 0.461 e. The van der Waals surface area contributed by atoms with E-state index in [9.17, 15) is 22.7 Å². The van der Waals surface area contributed by atoms with Crippen molar-refractivity contribution in [3.05, 3.63) is 29.8 Å². The maximum atomic E-state index is 12.9. The summed E-state index contributed by atoms with van der Waals surface area (Å²) in [5.74, 6) is -0.318. The molecule has 1 aliphatic carbocycles. The van der Waals surface area contributed by atoms with Gasteiger partial charge in [0.25, 0.3) is 0 Å². The zero-order chi connectivity index (χ0) is 15.6. The molecule has 0 bridgehead atoms. The van der Waals surface area contributed by atoms with Crippen molar-refractivity contribution in [2.24, 2.45) is 11.7 Å². The summed E-state index contributed by atoms with van der Waals surface area (Å²) in [7, 11) is 0. The van der Waals surface area contributed by atoms with Gasteiger partial charge in [-0.25, -0.2) is 0 Å². The average molecular weight is 307 g/mol. The van der Waals surface area contributed by atoms with Gasteiger partial charge in [-0.2, -0.15) is 17.6 Å². The highest BCUT2D eigenvalue weighted by molar-refractivity contribution is 5.31. The maximum Gasteiger partial charge on any atom is 0.461 e. The smallest absolute Gasteiger partial charge is 0.428 e. The Bertz CT molecular complexity index is 480. The van der Waals surface area contributed by atoms with Crippen LogP contribution in [0.4, 0.5) is 17.6 Å². The van der Waals surface area contributed by atoms with Gasteiger partial charge in [0.05, 0.1) is 12.1 Å². The predicted octanol–water partition coefficient (Wildman–Crippen LogP) is 3.08. The van der Waals surface area contributed by atoms with Crippen molar-refractivity contribution in [3.63, 3.8) is 0 Å². The molecule has 1 saturated carbocycles. The van der Waals surface area contributed by atoms with Crippen LogP contribution in [0, 0.1) is 5.92 Å². The number of nitrogens with two attached hydrogens (primary N) is 1. The molecule has 0 aromatic heterocycles. The third kappa shape index (κ3) is 3.65. The van der Waals surface area contributed by atoms with Crippen LogP contribution in [0.25, 0.3) is 0 Å². The van der Waals surface area contributed by atoms with Crippen LogP contribution in [0.1, 0.15) is 30.9 Å². The van der Waals surface area contributed by atoms with E-state index in [0.29, 0.717) is 5.56 Å². The fourth-order valence-electron chi connectivity index (χ4n) is 2.26.